The first-order valence-corrected chi connectivity index (χ1v) is 2.70. The van der Waals surface area contributed by atoms with Crippen molar-refractivity contribution >= 4 is 7.82 Å². The van der Waals surface area contributed by atoms with Gasteiger partial charge >= 0.3 is 59.1 Å². The maximum Gasteiger partial charge on any atom is 1.00 e. The van der Waals surface area contributed by atoms with Gasteiger partial charge in [-0.2, -0.15) is 0 Å². The van der Waals surface area contributed by atoms with Crippen LogP contribution >= 0.6 is 7.82 Å². The Morgan fingerprint density at radius 1 is 1.30 bits per heavy atom. The van der Waals surface area contributed by atoms with Crippen LogP contribution in [0.1, 0.15) is 0 Å². The van der Waals surface area contributed by atoms with Crippen LogP contribution in [-0.4, -0.2) is 9.79 Å². The second-order valence-corrected chi connectivity index (χ2v) is 1.56. The number of nitrogens with zero attached hydrogens (tertiary/aromatic N) is 3. The van der Waals surface area contributed by atoms with Gasteiger partial charge in [-0.15, -0.1) is 0 Å². The molecule has 0 fully saturated rings. The Balaban J connectivity index is -0.0000000326. The van der Waals surface area contributed by atoms with Crippen molar-refractivity contribution in [3.8, 4) is 0 Å². The predicted octanol–water partition coefficient (Wildman–Crippen LogP) is -6.69. The fourth-order valence-electron chi connectivity index (χ4n) is 0. The Morgan fingerprint density at radius 3 is 1.30 bits per heavy atom. The summed E-state index contributed by atoms with van der Waals surface area (Å²) in [5.74, 6) is 0. The van der Waals surface area contributed by atoms with E-state index in [4.69, 9.17) is 30.3 Å². The SMILES string of the molecule is O=P([O-])(O)O.[N-]=[N+]=[N-].[Na+].[Na+]. The molecule has 0 radical (unpaired) electrons. The summed E-state index contributed by atoms with van der Waals surface area (Å²) in [7, 11) is -4.89. The summed E-state index contributed by atoms with van der Waals surface area (Å²) in [6, 6.07) is 0. The summed E-state index contributed by atoms with van der Waals surface area (Å²) in [5.41, 5.74) is 13.5. The Bertz CT molecular complexity index is 116. The molecule has 0 bridgehead atoms. The van der Waals surface area contributed by atoms with Gasteiger partial charge in [-0.3, -0.25) is 9.48 Å². The van der Waals surface area contributed by atoms with Gasteiger partial charge in [0.1, 0.15) is 0 Å². The van der Waals surface area contributed by atoms with Gasteiger partial charge in [0.05, 0.1) is 0 Å². The molecule has 7 nitrogen and oxygen atoms in total. The molecule has 10 heteroatoms. The van der Waals surface area contributed by atoms with Gasteiger partial charge in [0.25, 0.3) is 7.82 Å². The molecule has 0 rings (SSSR count). The number of rotatable bonds is 0. The molecule has 0 aliphatic rings. The van der Waals surface area contributed by atoms with Crippen LogP contribution in [0, 0.1) is 0 Å². The first-order valence-electron chi connectivity index (χ1n) is 1.17. The maximum absolute atomic E-state index is 8.77. The molecule has 0 saturated carbocycles. The van der Waals surface area contributed by atoms with Crippen molar-refractivity contribution in [3.63, 3.8) is 0 Å². The van der Waals surface area contributed by atoms with Gasteiger partial charge in [-0.05, 0) is 0 Å². The first-order chi connectivity index (χ1) is 3.41. The molecule has 0 atom stereocenters. The van der Waals surface area contributed by atoms with Crippen LogP contribution in [0.3, 0.4) is 0 Å². The van der Waals surface area contributed by atoms with Crippen LogP contribution in [0.2, 0.25) is 0 Å². The summed E-state index contributed by atoms with van der Waals surface area (Å²) < 4.78 is 8.77. The zero-order valence-corrected chi connectivity index (χ0v) is 10.4. The van der Waals surface area contributed by atoms with Gasteiger partial charge in [0, 0.05) is 0 Å². The quantitative estimate of drug-likeness (QED) is 0.127. The molecule has 2 N–H and O–H groups in total. The summed E-state index contributed by atoms with van der Waals surface area (Å²) in [6.07, 6.45) is 0. The fourth-order valence-corrected chi connectivity index (χ4v) is 0. The van der Waals surface area contributed by atoms with E-state index in [0.29, 0.717) is 0 Å². The molecule has 48 valence electrons. The average Bonchev–Trinajstić information content (AvgIpc) is 1.27. The van der Waals surface area contributed by atoms with Crippen molar-refractivity contribution in [2.75, 3.05) is 0 Å². The number of hydrogen-bond acceptors (Lipinski definition) is 2. The molecule has 10 heavy (non-hydrogen) atoms. The van der Waals surface area contributed by atoms with Crippen LogP contribution < -0.4 is 64.0 Å². The van der Waals surface area contributed by atoms with E-state index < -0.39 is 7.82 Å². The first kappa shape index (κ1) is 22.5. The van der Waals surface area contributed by atoms with Crippen LogP contribution in [0.15, 0.2) is 0 Å². The molecular weight excluding hydrogens is 183 g/mol. The van der Waals surface area contributed by atoms with Crippen LogP contribution in [0.4, 0.5) is 0 Å². The standard InChI is InChI=1S/N3.2Na.H3O4P/c1-3-2;;;1-5(2,3)4/h;;;(H3,1,2,3,4)/q-1;2*+1;/p-1. The van der Waals surface area contributed by atoms with Gasteiger partial charge < -0.3 is 25.7 Å². The van der Waals surface area contributed by atoms with Gasteiger partial charge in [0.2, 0.25) is 0 Å². The largest absolute Gasteiger partial charge is 1.00 e. The molecule has 0 amide bonds. The topological polar surface area (TPSA) is 139 Å². The van der Waals surface area contributed by atoms with Crippen molar-refractivity contribution in [1.82, 2.24) is 0 Å². The van der Waals surface area contributed by atoms with Crippen molar-refractivity contribution < 1.29 is 78.4 Å². The van der Waals surface area contributed by atoms with Gasteiger partial charge in [-0.1, -0.05) is 0 Å². The molecule has 0 spiro atoms. The van der Waals surface area contributed by atoms with E-state index in [1.165, 1.54) is 4.91 Å². The van der Waals surface area contributed by atoms with Crippen molar-refractivity contribution in [3.05, 3.63) is 16.0 Å². The summed E-state index contributed by atoms with van der Waals surface area (Å²) in [4.78, 5) is 24.4. The summed E-state index contributed by atoms with van der Waals surface area (Å²) in [6.45, 7) is 0. The third kappa shape index (κ3) is 331. The van der Waals surface area contributed by atoms with E-state index in [1.807, 2.05) is 0 Å². The van der Waals surface area contributed by atoms with Gasteiger partial charge in [0.15, 0.2) is 0 Å². The van der Waals surface area contributed by atoms with Crippen LogP contribution in [-0.2, 0) is 4.57 Å². The second-order valence-electron chi connectivity index (χ2n) is 0.580. The Labute approximate surface area is 101 Å². The van der Waals surface area contributed by atoms with Crippen molar-refractivity contribution in [2.45, 2.75) is 0 Å². The van der Waals surface area contributed by atoms with E-state index in [-0.39, 0.29) is 59.1 Å². The van der Waals surface area contributed by atoms with Crippen LogP contribution in [0.25, 0.3) is 16.0 Å². The molecule has 0 heterocycles. The number of hydrogen-bond donors (Lipinski definition) is 2. The smallest absolute Gasteiger partial charge is 0.756 e. The minimum Gasteiger partial charge on any atom is -0.756 e. The minimum absolute atomic E-state index is 0. The summed E-state index contributed by atoms with van der Waals surface area (Å²) in [5, 5.41) is 0. The van der Waals surface area contributed by atoms with E-state index in [1.54, 1.807) is 0 Å². The molecule has 0 aliphatic carbocycles. The predicted molar refractivity (Wildman–Crippen MR) is 22.1 cm³/mol. The van der Waals surface area contributed by atoms with Crippen molar-refractivity contribution in [1.29, 1.82) is 0 Å². The van der Waals surface area contributed by atoms with Crippen molar-refractivity contribution in [2.24, 2.45) is 0 Å². The monoisotopic (exact) mass is 185 g/mol. The summed E-state index contributed by atoms with van der Waals surface area (Å²) >= 11 is 0. The third-order valence-corrected chi connectivity index (χ3v) is 0. The Morgan fingerprint density at radius 2 is 1.30 bits per heavy atom. The zero-order chi connectivity index (χ0) is 7.21. The number of phosphoric acid groups is 1. The molecule has 0 aromatic heterocycles. The molecular formula is H2N3Na2O4P. The normalized spacial score (nSPS) is 6.70. The third-order valence-electron chi connectivity index (χ3n) is 0. The maximum atomic E-state index is 8.77. The molecule has 0 aliphatic heterocycles. The second kappa shape index (κ2) is 13.0. The Hall–Kier alpha value is 1.42. The van der Waals surface area contributed by atoms with Crippen LogP contribution in [0.5, 0.6) is 0 Å². The molecule has 0 aromatic carbocycles. The zero-order valence-electron chi connectivity index (χ0n) is 5.50. The van der Waals surface area contributed by atoms with E-state index in [2.05, 4.69) is 0 Å². The average molecular weight is 185 g/mol. The van der Waals surface area contributed by atoms with Gasteiger partial charge in [-0.25, -0.2) is 0 Å². The van der Waals surface area contributed by atoms with E-state index >= 15 is 0 Å². The van der Waals surface area contributed by atoms with E-state index in [9.17, 15) is 0 Å². The molecule has 0 aromatic rings. The minimum atomic E-state index is -4.89. The van der Waals surface area contributed by atoms with E-state index in [0.717, 1.165) is 0 Å². The molecule has 0 saturated heterocycles. The molecule has 0 unspecified atom stereocenters. The fraction of sp³-hybridized carbons (Fsp3) is 0. The Kier molecular flexibility index (Phi) is 29.4.